The first-order chi connectivity index (χ1) is 9.63. The summed E-state index contributed by atoms with van der Waals surface area (Å²) in [5.41, 5.74) is 2.19. The summed E-state index contributed by atoms with van der Waals surface area (Å²) in [7, 11) is 1.65. The van der Waals surface area contributed by atoms with Crippen LogP contribution in [0.2, 0.25) is 0 Å². The smallest absolute Gasteiger partial charge is 0.269 e. The molecule has 7 heteroatoms. The Hall–Kier alpha value is -2.44. The highest BCUT2D eigenvalue weighted by Crippen LogP contribution is 2.18. The molecule has 1 aliphatic carbocycles. The van der Waals surface area contributed by atoms with Gasteiger partial charge in [0.15, 0.2) is 0 Å². The summed E-state index contributed by atoms with van der Waals surface area (Å²) >= 11 is 0. The molecule has 1 atom stereocenters. The lowest BCUT2D eigenvalue weighted by molar-refractivity contribution is 0.0928. The quantitative estimate of drug-likeness (QED) is 0.792. The fraction of sp³-hybridized carbons (Fsp3) is 0.385. The molecule has 0 fully saturated rings. The van der Waals surface area contributed by atoms with E-state index in [0.29, 0.717) is 12.1 Å². The van der Waals surface area contributed by atoms with Crippen LogP contribution in [0.5, 0.6) is 0 Å². The van der Waals surface area contributed by atoms with Crippen molar-refractivity contribution in [1.82, 2.24) is 25.3 Å². The van der Waals surface area contributed by atoms with Crippen LogP contribution < -0.4 is 10.9 Å². The highest BCUT2D eigenvalue weighted by molar-refractivity contribution is 5.92. The molecule has 0 bridgehead atoms. The Kier molecular flexibility index (Phi) is 3.09. The summed E-state index contributed by atoms with van der Waals surface area (Å²) in [5.74, 6) is -0.173. The van der Waals surface area contributed by atoms with Crippen LogP contribution in [0, 0.1) is 0 Å². The summed E-state index contributed by atoms with van der Waals surface area (Å²) in [6, 6.07) is 3.26. The van der Waals surface area contributed by atoms with Gasteiger partial charge >= 0.3 is 0 Å². The van der Waals surface area contributed by atoms with Gasteiger partial charge in [0.05, 0.1) is 5.69 Å². The van der Waals surface area contributed by atoms with Crippen LogP contribution in [0.15, 0.2) is 23.1 Å². The number of carbonyl (C=O) groups excluding carboxylic acids is 1. The standard InChI is InChI=1S/C13H15N5O2/c1-18-12(19)7-8-6-9(2-3-10(8)17-18)15-13(20)11-4-5-14-16-11/h4-5,7,9H,2-3,6H2,1H3,(H,14,16)(H,15,20)/t9-/m0/s1. The number of carbonyl (C=O) groups is 1. The van der Waals surface area contributed by atoms with Crippen LogP contribution in [-0.4, -0.2) is 31.9 Å². The molecule has 1 aliphatic rings. The third-order valence-corrected chi connectivity index (χ3v) is 3.53. The first-order valence-electron chi connectivity index (χ1n) is 6.50. The topological polar surface area (TPSA) is 92.7 Å². The van der Waals surface area contributed by atoms with Crippen molar-refractivity contribution in [3.63, 3.8) is 0 Å². The molecule has 2 aromatic heterocycles. The van der Waals surface area contributed by atoms with E-state index in [1.807, 2.05) is 0 Å². The lowest BCUT2D eigenvalue weighted by Crippen LogP contribution is -2.40. The van der Waals surface area contributed by atoms with E-state index in [0.717, 1.165) is 24.1 Å². The van der Waals surface area contributed by atoms with Gasteiger partial charge in [-0.05, 0) is 30.9 Å². The number of nitrogens with one attached hydrogen (secondary N) is 2. The zero-order valence-corrected chi connectivity index (χ0v) is 11.1. The number of nitrogens with zero attached hydrogens (tertiary/aromatic N) is 3. The second-order valence-electron chi connectivity index (χ2n) is 4.96. The number of rotatable bonds is 2. The van der Waals surface area contributed by atoms with Gasteiger partial charge in [-0.15, -0.1) is 0 Å². The Morgan fingerprint density at radius 3 is 3.15 bits per heavy atom. The number of hydrogen-bond donors (Lipinski definition) is 2. The van der Waals surface area contributed by atoms with Crippen molar-refractivity contribution < 1.29 is 4.79 Å². The molecule has 0 aromatic carbocycles. The molecule has 0 aliphatic heterocycles. The monoisotopic (exact) mass is 273 g/mol. The lowest BCUT2D eigenvalue weighted by Gasteiger charge is -2.24. The second kappa shape index (κ2) is 4.92. The Labute approximate surface area is 115 Å². The van der Waals surface area contributed by atoms with E-state index in [4.69, 9.17) is 0 Å². The lowest BCUT2D eigenvalue weighted by atomic mass is 9.92. The van der Waals surface area contributed by atoms with Crippen LogP contribution >= 0.6 is 0 Å². The van der Waals surface area contributed by atoms with Crippen LogP contribution in [0.25, 0.3) is 0 Å². The van der Waals surface area contributed by atoms with Crippen LogP contribution in [0.1, 0.15) is 28.2 Å². The van der Waals surface area contributed by atoms with Gasteiger partial charge in [-0.25, -0.2) is 4.68 Å². The van der Waals surface area contributed by atoms with Crippen molar-refractivity contribution in [1.29, 1.82) is 0 Å². The van der Waals surface area contributed by atoms with Gasteiger partial charge in [0.25, 0.3) is 11.5 Å². The van der Waals surface area contributed by atoms with Gasteiger partial charge in [0.1, 0.15) is 5.69 Å². The van der Waals surface area contributed by atoms with Crippen molar-refractivity contribution in [2.75, 3.05) is 0 Å². The van der Waals surface area contributed by atoms with Crippen molar-refractivity contribution in [2.45, 2.75) is 25.3 Å². The Morgan fingerprint density at radius 2 is 2.40 bits per heavy atom. The third-order valence-electron chi connectivity index (χ3n) is 3.53. The van der Waals surface area contributed by atoms with E-state index in [-0.39, 0.29) is 17.5 Å². The third kappa shape index (κ3) is 2.34. The van der Waals surface area contributed by atoms with Crippen LogP contribution in [0.4, 0.5) is 0 Å². The molecule has 104 valence electrons. The van der Waals surface area contributed by atoms with E-state index in [9.17, 15) is 9.59 Å². The maximum absolute atomic E-state index is 11.9. The van der Waals surface area contributed by atoms with Gasteiger partial charge in [0, 0.05) is 25.4 Å². The molecule has 1 amide bonds. The van der Waals surface area contributed by atoms with E-state index in [1.165, 1.54) is 4.68 Å². The van der Waals surface area contributed by atoms with Crippen molar-refractivity contribution in [2.24, 2.45) is 7.05 Å². The summed E-state index contributed by atoms with van der Waals surface area (Å²) in [6.07, 6.45) is 3.76. The largest absolute Gasteiger partial charge is 0.348 e. The Bertz CT molecular complexity index is 689. The molecule has 2 heterocycles. The summed E-state index contributed by atoms with van der Waals surface area (Å²) in [6.45, 7) is 0. The van der Waals surface area contributed by atoms with E-state index < -0.39 is 0 Å². The molecule has 0 spiro atoms. The molecule has 3 rings (SSSR count). The van der Waals surface area contributed by atoms with Gasteiger partial charge in [-0.3, -0.25) is 14.7 Å². The van der Waals surface area contributed by atoms with Gasteiger partial charge < -0.3 is 5.32 Å². The first kappa shape index (κ1) is 12.6. The number of fused-ring (bicyclic) bond motifs is 1. The zero-order chi connectivity index (χ0) is 14.1. The normalized spacial score (nSPS) is 17.6. The minimum absolute atomic E-state index is 0.0206. The van der Waals surface area contributed by atoms with Crippen molar-refractivity contribution in [3.05, 3.63) is 45.6 Å². The molecule has 7 nitrogen and oxygen atoms in total. The summed E-state index contributed by atoms with van der Waals surface area (Å²) in [4.78, 5) is 23.5. The van der Waals surface area contributed by atoms with E-state index in [2.05, 4.69) is 20.6 Å². The first-order valence-corrected chi connectivity index (χ1v) is 6.50. The Balaban J connectivity index is 1.74. The highest BCUT2D eigenvalue weighted by atomic mass is 16.2. The predicted molar refractivity (Wildman–Crippen MR) is 71.3 cm³/mol. The minimum Gasteiger partial charge on any atom is -0.348 e. The van der Waals surface area contributed by atoms with Gasteiger partial charge in [-0.2, -0.15) is 10.2 Å². The second-order valence-corrected chi connectivity index (χ2v) is 4.96. The molecular weight excluding hydrogens is 258 g/mol. The fourth-order valence-corrected chi connectivity index (χ4v) is 2.45. The zero-order valence-electron chi connectivity index (χ0n) is 11.1. The predicted octanol–water partition coefficient (Wildman–Crippen LogP) is -0.209. The Morgan fingerprint density at radius 1 is 1.55 bits per heavy atom. The molecule has 0 unspecified atom stereocenters. The van der Waals surface area contributed by atoms with E-state index >= 15 is 0 Å². The SMILES string of the molecule is Cn1nc2c(cc1=O)C[C@@H](NC(=O)c1ccn[nH]1)CC2. The molecule has 20 heavy (non-hydrogen) atoms. The number of aryl methyl sites for hydroxylation is 2. The number of amides is 1. The summed E-state index contributed by atoms with van der Waals surface area (Å²) in [5, 5.41) is 13.6. The van der Waals surface area contributed by atoms with Crippen LogP contribution in [-0.2, 0) is 19.9 Å². The van der Waals surface area contributed by atoms with Gasteiger partial charge in [-0.1, -0.05) is 0 Å². The van der Waals surface area contributed by atoms with Crippen LogP contribution in [0.3, 0.4) is 0 Å². The maximum Gasteiger partial charge on any atom is 0.269 e. The summed E-state index contributed by atoms with van der Waals surface area (Å²) < 4.78 is 1.35. The minimum atomic E-state index is -0.173. The molecule has 2 aromatic rings. The molecular formula is C13H15N5O2. The average Bonchev–Trinajstić information content (AvgIpc) is 2.94. The highest BCUT2D eigenvalue weighted by Gasteiger charge is 2.22. The average molecular weight is 273 g/mol. The maximum atomic E-state index is 11.9. The fourth-order valence-electron chi connectivity index (χ4n) is 2.45. The molecule has 2 N–H and O–H groups in total. The number of aromatic amines is 1. The molecule has 0 radical (unpaired) electrons. The van der Waals surface area contributed by atoms with Crippen molar-refractivity contribution in [3.8, 4) is 0 Å². The van der Waals surface area contributed by atoms with Crippen molar-refractivity contribution >= 4 is 5.91 Å². The number of H-pyrrole nitrogens is 1. The van der Waals surface area contributed by atoms with Gasteiger partial charge in [0.2, 0.25) is 0 Å². The number of aromatic nitrogens is 4. The molecule has 0 saturated carbocycles. The van der Waals surface area contributed by atoms with E-state index in [1.54, 1.807) is 25.4 Å². The molecule has 0 saturated heterocycles. The number of hydrogen-bond acceptors (Lipinski definition) is 4.